The topological polar surface area (TPSA) is 91.2 Å². The summed E-state index contributed by atoms with van der Waals surface area (Å²) < 4.78 is 47.1. The van der Waals surface area contributed by atoms with Gasteiger partial charge in [0, 0.05) is 6.54 Å². The molecule has 0 unspecified atom stereocenters. The summed E-state index contributed by atoms with van der Waals surface area (Å²) in [4.78, 5) is 12.1. The highest BCUT2D eigenvalue weighted by Crippen LogP contribution is 2.25. The van der Waals surface area contributed by atoms with Crippen LogP contribution < -0.4 is 14.8 Å². The Morgan fingerprint density at radius 3 is 2.63 bits per heavy atom. The van der Waals surface area contributed by atoms with Gasteiger partial charge in [-0.1, -0.05) is 23.9 Å². The quantitative estimate of drug-likeness (QED) is 0.540. The minimum Gasteiger partial charge on any atom is -0.497 e. The summed E-state index contributed by atoms with van der Waals surface area (Å²) in [5, 5.41) is 14.3. The second kappa shape index (κ2) is 9.48. The monoisotopic (exact) mass is 439 g/mol. The first-order chi connectivity index (χ1) is 14.3. The Morgan fingerprint density at radius 1 is 1.17 bits per heavy atom. The van der Waals surface area contributed by atoms with Crippen molar-refractivity contribution in [2.24, 2.45) is 0 Å². The van der Waals surface area contributed by atoms with Crippen LogP contribution in [0, 0.1) is 0 Å². The summed E-state index contributed by atoms with van der Waals surface area (Å²) in [6.07, 6.45) is -4.77. The van der Waals surface area contributed by atoms with E-state index in [0.29, 0.717) is 23.1 Å². The summed E-state index contributed by atoms with van der Waals surface area (Å²) in [5.41, 5.74) is 1.31. The van der Waals surface area contributed by atoms with Crippen molar-refractivity contribution in [2.45, 2.75) is 18.1 Å². The molecule has 2 aromatic carbocycles. The Bertz CT molecular complexity index is 995. The number of ether oxygens (including phenoxy) is 2. The molecule has 0 fully saturated rings. The molecular weight excluding hydrogens is 423 g/mol. The lowest BCUT2D eigenvalue weighted by molar-refractivity contribution is -0.274. The van der Waals surface area contributed by atoms with Gasteiger partial charge in [0.25, 0.3) is 0 Å². The van der Waals surface area contributed by atoms with Gasteiger partial charge in [0.05, 0.1) is 18.6 Å². The minimum atomic E-state index is -4.77. The van der Waals surface area contributed by atoms with Crippen LogP contribution >= 0.6 is 11.8 Å². The highest BCUT2D eigenvalue weighted by atomic mass is 32.2. The second-order valence-electron chi connectivity index (χ2n) is 5.83. The van der Waals surface area contributed by atoms with Gasteiger partial charge < -0.3 is 14.8 Å². The molecule has 0 aliphatic carbocycles. The zero-order valence-corrected chi connectivity index (χ0v) is 16.4. The molecule has 12 heteroatoms. The van der Waals surface area contributed by atoms with Crippen molar-refractivity contribution in [1.82, 2.24) is 25.5 Å². The molecule has 0 radical (unpaired) electrons. The van der Waals surface area contributed by atoms with E-state index in [1.807, 2.05) is 24.3 Å². The third-order valence-electron chi connectivity index (χ3n) is 3.71. The molecule has 1 aromatic heterocycles. The number of nitrogens with one attached hydrogen (secondary N) is 1. The highest BCUT2D eigenvalue weighted by Gasteiger charge is 2.31. The van der Waals surface area contributed by atoms with Gasteiger partial charge in [-0.15, -0.1) is 18.3 Å². The summed E-state index contributed by atoms with van der Waals surface area (Å²) in [6.45, 7) is 0.336. The molecule has 0 aliphatic heterocycles. The molecule has 0 saturated carbocycles. The van der Waals surface area contributed by atoms with Gasteiger partial charge in [0.1, 0.15) is 11.5 Å². The van der Waals surface area contributed by atoms with E-state index in [1.54, 1.807) is 7.11 Å². The maximum Gasteiger partial charge on any atom is 0.573 e. The van der Waals surface area contributed by atoms with E-state index in [1.165, 1.54) is 16.8 Å². The number of tetrazole rings is 1. The molecule has 0 spiro atoms. The molecule has 3 rings (SSSR count). The lowest BCUT2D eigenvalue weighted by atomic mass is 10.2. The van der Waals surface area contributed by atoms with Crippen LogP contribution in [-0.4, -0.2) is 45.3 Å². The van der Waals surface area contributed by atoms with Crippen LogP contribution in [0.1, 0.15) is 5.56 Å². The van der Waals surface area contributed by atoms with E-state index in [2.05, 4.69) is 25.6 Å². The lowest BCUT2D eigenvalue weighted by Gasteiger charge is -2.09. The van der Waals surface area contributed by atoms with Gasteiger partial charge in [-0.25, -0.2) is 0 Å². The fourth-order valence-electron chi connectivity index (χ4n) is 2.38. The van der Waals surface area contributed by atoms with Gasteiger partial charge in [-0.2, -0.15) is 4.68 Å². The number of hydrogen-bond donors (Lipinski definition) is 1. The van der Waals surface area contributed by atoms with Crippen LogP contribution in [0.2, 0.25) is 0 Å². The molecular formula is C18H16F3N5O3S. The first-order valence-corrected chi connectivity index (χ1v) is 9.49. The fraction of sp³-hybridized carbons (Fsp3) is 0.222. The number of carbonyl (C=O) groups excluding carboxylic acids is 1. The number of amides is 1. The highest BCUT2D eigenvalue weighted by molar-refractivity contribution is 7.99. The zero-order valence-electron chi connectivity index (χ0n) is 15.6. The standard InChI is InChI=1S/C18H16F3N5O3S/c1-28-15-4-2-3-12(9-15)10-22-16(27)11-30-17-23-24-25-26(17)13-5-7-14(8-6-13)29-18(19,20)21/h2-9H,10-11H2,1H3,(H,22,27). The van der Waals surface area contributed by atoms with E-state index >= 15 is 0 Å². The van der Waals surface area contributed by atoms with Gasteiger partial charge in [-0.05, 0) is 52.4 Å². The van der Waals surface area contributed by atoms with Crippen LogP contribution in [0.5, 0.6) is 11.5 Å². The Kier molecular flexibility index (Phi) is 6.77. The number of alkyl halides is 3. The van der Waals surface area contributed by atoms with Crippen molar-refractivity contribution in [3.63, 3.8) is 0 Å². The molecule has 3 aromatic rings. The number of rotatable bonds is 8. The van der Waals surface area contributed by atoms with Crippen molar-refractivity contribution >= 4 is 17.7 Å². The molecule has 1 amide bonds. The van der Waals surface area contributed by atoms with Crippen molar-refractivity contribution in [3.8, 4) is 17.2 Å². The molecule has 0 saturated heterocycles. The number of carbonyl (C=O) groups is 1. The van der Waals surface area contributed by atoms with E-state index < -0.39 is 6.36 Å². The molecule has 8 nitrogen and oxygen atoms in total. The van der Waals surface area contributed by atoms with Crippen LogP contribution in [0.25, 0.3) is 5.69 Å². The van der Waals surface area contributed by atoms with Crippen molar-refractivity contribution in [2.75, 3.05) is 12.9 Å². The smallest absolute Gasteiger partial charge is 0.497 e. The second-order valence-corrected chi connectivity index (χ2v) is 6.77. The minimum absolute atomic E-state index is 0.0552. The molecule has 0 aliphatic rings. The SMILES string of the molecule is COc1cccc(CNC(=O)CSc2nnnn2-c2ccc(OC(F)(F)F)cc2)c1. The largest absolute Gasteiger partial charge is 0.573 e. The van der Waals surface area contributed by atoms with Gasteiger partial charge in [-0.3, -0.25) is 4.79 Å². The first-order valence-electron chi connectivity index (χ1n) is 8.51. The summed E-state index contributed by atoms with van der Waals surface area (Å²) in [6, 6.07) is 12.4. The van der Waals surface area contributed by atoms with Crippen LogP contribution in [0.4, 0.5) is 13.2 Å². The predicted octanol–water partition coefficient (Wildman–Crippen LogP) is 2.98. The van der Waals surface area contributed by atoms with E-state index in [0.717, 1.165) is 29.5 Å². The number of hydrogen-bond acceptors (Lipinski definition) is 7. The predicted molar refractivity (Wildman–Crippen MR) is 101 cm³/mol. The molecule has 30 heavy (non-hydrogen) atoms. The Labute approximate surface area is 173 Å². The Balaban J connectivity index is 1.56. The number of thioether (sulfide) groups is 1. The molecule has 158 valence electrons. The zero-order chi connectivity index (χ0) is 21.6. The molecule has 0 atom stereocenters. The summed E-state index contributed by atoms with van der Waals surface area (Å²) in [7, 11) is 1.56. The average molecular weight is 439 g/mol. The van der Waals surface area contributed by atoms with Crippen molar-refractivity contribution < 1.29 is 27.4 Å². The van der Waals surface area contributed by atoms with Gasteiger partial charge in [0.15, 0.2) is 0 Å². The van der Waals surface area contributed by atoms with E-state index in [9.17, 15) is 18.0 Å². The molecule has 1 heterocycles. The Hall–Kier alpha value is -3.28. The van der Waals surface area contributed by atoms with Gasteiger partial charge >= 0.3 is 6.36 Å². The number of halogens is 3. The maximum atomic E-state index is 12.3. The normalized spacial score (nSPS) is 11.2. The molecule has 1 N–H and O–H groups in total. The fourth-order valence-corrected chi connectivity index (χ4v) is 3.10. The lowest BCUT2D eigenvalue weighted by Crippen LogP contribution is -2.24. The summed E-state index contributed by atoms with van der Waals surface area (Å²) in [5.74, 6) is 0.165. The maximum absolute atomic E-state index is 12.3. The van der Waals surface area contributed by atoms with Crippen molar-refractivity contribution in [1.29, 1.82) is 0 Å². The molecule has 0 bridgehead atoms. The van der Waals surface area contributed by atoms with Crippen LogP contribution in [-0.2, 0) is 11.3 Å². The van der Waals surface area contributed by atoms with Crippen LogP contribution in [0.15, 0.2) is 53.7 Å². The Morgan fingerprint density at radius 2 is 1.93 bits per heavy atom. The van der Waals surface area contributed by atoms with E-state index in [4.69, 9.17) is 4.74 Å². The number of benzene rings is 2. The number of methoxy groups -OCH3 is 1. The number of nitrogens with zero attached hydrogens (tertiary/aromatic N) is 4. The third-order valence-corrected chi connectivity index (χ3v) is 4.63. The van der Waals surface area contributed by atoms with Gasteiger partial charge in [0.2, 0.25) is 11.1 Å². The average Bonchev–Trinajstić information content (AvgIpc) is 3.19. The van der Waals surface area contributed by atoms with Crippen LogP contribution in [0.3, 0.4) is 0 Å². The van der Waals surface area contributed by atoms with E-state index in [-0.39, 0.29) is 17.4 Å². The van der Waals surface area contributed by atoms with Crippen molar-refractivity contribution in [3.05, 3.63) is 54.1 Å². The third kappa shape index (κ3) is 6.11. The first kappa shape index (κ1) is 21.4. The number of aromatic nitrogens is 4. The summed E-state index contributed by atoms with van der Waals surface area (Å²) >= 11 is 1.09.